The summed E-state index contributed by atoms with van der Waals surface area (Å²) in [5.74, 6) is -1.15. The third-order valence-corrected chi connectivity index (χ3v) is 5.99. The fourth-order valence-corrected chi connectivity index (χ4v) is 5.34. The predicted molar refractivity (Wildman–Crippen MR) is 69.3 cm³/mol. The van der Waals surface area contributed by atoms with E-state index < -0.39 is 33.9 Å². The molecule has 0 aromatic carbocycles. The number of ketones is 1. The van der Waals surface area contributed by atoms with Gasteiger partial charge in [0.15, 0.2) is 11.4 Å². The van der Waals surface area contributed by atoms with Gasteiger partial charge < -0.3 is 15.3 Å². The maximum absolute atomic E-state index is 12.3. The lowest BCUT2D eigenvalue weighted by Crippen LogP contribution is -2.90. The van der Waals surface area contributed by atoms with E-state index in [-0.39, 0.29) is 5.92 Å². The van der Waals surface area contributed by atoms with Gasteiger partial charge in [0.2, 0.25) is 0 Å². The van der Waals surface area contributed by atoms with E-state index in [0.29, 0.717) is 12.8 Å². The second-order valence-corrected chi connectivity index (χ2v) is 7.38. The average Bonchev–Trinajstić information content (AvgIpc) is 2.22. The van der Waals surface area contributed by atoms with Gasteiger partial charge in [-0.05, 0) is 39.7 Å². The van der Waals surface area contributed by atoms with Crippen LogP contribution in [0.25, 0.3) is 0 Å². The molecule has 4 aliphatic carbocycles. The van der Waals surface area contributed by atoms with E-state index in [0.717, 1.165) is 5.57 Å². The Balaban J connectivity index is 2.22. The van der Waals surface area contributed by atoms with Crippen molar-refractivity contribution in [3.63, 3.8) is 0 Å². The Morgan fingerprint density at radius 1 is 1.37 bits per heavy atom. The molecule has 3 N–H and O–H groups in total. The van der Waals surface area contributed by atoms with E-state index >= 15 is 0 Å². The minimum absolute atomic E-state index is 0.243. The fourth-order valence-electron chi connectivity index (χ4n) is 5.34. The van der Waals surface area contributed by atoms with Gasteiger partial charge in [-0.2, -0.15) is 0 Å². The largest absolute Gasteiger partial charge is 0.390 e. The molecule has 4 nitrogen and oxygen atoms in total. The van der Waals surface area contributed by atoms with Crippen LogP contribution in [0.1, 0.15) is 40.5 Å². The van der Waals surface area contributed by atoms with Crippen molar-refractivity contribution >= 4 is 5.78 Å². The molecule has 5 atom stereocenters. The van der Waals surface area contributed by atoms with Gasteiger partial charge in [0.05, 0.1) is 5.60 Å². The fraction of sp³-hybridized carbons (Fsp3) is 0.800. The maximum atomic E-state index is 12.3. The van der Waals surface area contributed by atoms with Crippen molar-refractivity contribution in [3.05, 3.63) is 11.6 Å². The minimum Gasteiger partial charge on any atom is -0.390 e. The molecule has 0 spiro atoms. The molecule has 0 unspecified atom stereocenters. The number of carbonyl (C=O) groups is 1. The van der Waals surface area contributed by atoms with Crippen LogP contribution in [0.4, 0.5) is 0 Å². The highest BCUT2D eigenvalue weighted by Crippen LogP contribution is 2.75. The third kappa shape index (κ3) is 1.08. The minimum atomic E-state index is -1.74. The molecule has 0 aromatic heterocycles. The zero-order valence-electron chi connectivity index (χ0n) is 11.9. The quantitative estimate of drug-likeness (QED) is 0.656. The van der Waals surface area contributed by atoms with E-state index in [1.807, 2.05) is 13.8 Å². The lowest BCUT2D eigenvalue weighted by Gasteiger charge is -2.77. The summed E-state index contributed by atoms with van der Waals surface area (Å²) < 4.78 is 0. The summed E-state index contributed by atoms with van der Waals surface area (Å²) in [4.78, 5) is 12.3. The molecule has 4 aliphatic rings. The van der Waals surface area contributed by atoms with Crippen LogP contribution in [-0.4, -0.2) is 37.9 Å². The van der Waals surface area contributed by atoms with E-state index in [2.05, 4.69) is 0 Å². The lowest BCUT2D eigenvalue weighted by molar-refractivity contribution is -0.377. The summed E-state index contributed by atoms with van der Waals surface area (Å²) in [6, 6.07) is 0. The van der Waals surface area contributed by atoms with Crippen molar-refractivity contribution in [1.29, 1.82) is 0 Å². The number of aliphatic hydroxyl groups is 3. The molecule has 0 amide bonds. The molecule has 0 aliphatic heterocycles. The number of rotatable bonds is 1. The molecular formula is C15H22O4. The van der Waals surface area contributed by atoms with Crippen LogP contribution in [0.5, 0.6) is 0 Å². The summed E-state index contributed by atoms with van der Waals surface area (Å²) in [6.45, 7) is 6.98. The molecule has 4 bridgehead atoms. The molecule has 2 fully saturated rings. The van der Waals surface area contributed by atoms with Gasteiger partial charge in [-0.1, -0.05) is 12.5 Å². The van der Waals surface area contributed by atoms with Crippen LogP contribution in [0.3, 0.4) is 0 Å². The van der Waals surface area contributed by atoms with Crippen molar-refractivity contribution in [2.24, 2.45) is 17.3 Å². The molecule has 0 saturated heterocycles. The molecule has 0 radical (unpaired) electrons. The second-order valence-electron chi connectivity index (χ2n) is 7.38. The summed E-state index contributed by atoms with van der Waals surface area (Å²) in [7, 11) is 0. The van der Waals surface area contributed by atoms with Crippen LogP contribution in [0, 0.1) is 17.3 Å². The number of fused-ring (bicyclic) bond motifs is 1. The molecule has 2 saturated carbocycles. The van der Waals surface area contributed by atoms with Gasteiger partial charge in [-0.25, -0.2) is 0 Å². The smallest absolute Gasteiger partial charge is 0.190 e. The first-order valence-electron chi connectivity index (χ1n) is 6.91. The lowest BCUT2D eigenvalue weighted by atomic mass is 9.29. The highest BCUT2D eigenvalue weighted by molar-refractivity contribution is 6.03. The Labute approximate surface area is 113 Å². The third-order valence-electron chi connectivity index (χ3n) is 5.99. The molecule has 0 aromatic rings. The Bertz CT molecular complexity index is 503. The van der Waals surface area contributed by atoms with Crippen molar-refractivity contribution in [3.8, 4) is 0 Å². The average molecular weight is 266 g/mol. The first kappa shape index (κ1) is 13.3. The van der Waals surface area contributed by atoms with E-state index in [9.17, 15) is 20.1 Å². The summed E-state index contributed by atoms with van der Waals surface area (Å²) >= 11 is 0. The predicted octanol–water partition coefficient (Wildman–Crippen LogP) is 0.795. The first-order valence-corrected chi connectivity index (χ1v) is 6.91. The highest BCUT2D eigenvalue weighted by atomic mass is 16.4. The van der Waals surface area contributed by atoms with Crippen molar-refractivity contribution in [2.45, 2.75) is 57.3 Å². The van der Waals surface area contributed by atoms with Crippen molar-refractivity contribution in [1.82, 2.24) is 0 Å². The first-order chi connectivity index (χ1) is 8.51. The molecule has 106 valence electrons. The van der Waals surface area contributed by atoms with Gasteiger partial charge in [0.1, 0.15) is 5.60 Å². The topological polar surface area (TPSA) is 77.8 Å². The van der Waals surface area contributed by atoms with Crippen LogP contribution in [0.15, 0.2) is 11.6 Å². The van der Waals surface area contributed by atoms with Crippen LogP contribution in [0.2, 0.25) is 0 Å². The Morgan fingerprint density at radius 3 is 2.47 bits per heavy atom. The van der Waals surface area contributed by atoms with Crippen LogP contribution in [-0.2, 0) is 4.79 Å². The zero-order chi connectivity index (χ0) is 14.4. The zero-order valence-corrected chi connectivity index (χ0v) is 11.9. The van der Waals surface area contributed by atoms with Crippen molar-refractivity contribution in [2.75, 3.05) is 0 Å². The molecule has 0 heterocycles. The van der Waals surface area contributed by atoms with E-state index in [1.165, 1.54) is 6.08 Å². The Morgan fingerprint density at radius 2 is 1.95 bits per heavy atom. The van der Waals surface area contributed by atoms with Crippen LogP contribution < -0.4 is 0 Å². The van der Waals surface area contributed by atoms with Gasteiger partial charge in [0.25, 0.3) is 0 Å². The maximum Gasteiger partial charge on any atom is 0.190 e. The van der Waals surface area contributed by atoms with Crippen LogP contribution >= 0.6 is 0 Å². The van der Waals surface area contributed by atoms with Gasteiger partial charge in [-0.3, -0.25) is 4.79 Å². The summed E-state index contributed by atoms with van der Waals surface area (Å²) in [5, 5.41) is 32.3. The van der Waals surface area contributed by atoms with E-state index in [1.54, 1.807) is 13.8 Å². The SMILES string of the molecule is CC1=CC(=O)[C@]2(O)[C@@]3(O)[C@H](C(C)(C)O)CC[C@]2(C)[C@@H]13. The van der Waals surface area contributed by atoms with E-state index in [4.69, 9.17) is 0 Å². The monoisotopic (exact) mass is 266 g/mol. The second kappa shape index (κ2) is 3.13. The normalized spacial score (nSPS) is 52.6. The molecule has 4 rings (SSSR count). The van der Waals surface area contributed by atoms with Gasteiger partial charge in [-0.15, -0.1) is 0 Å². The Kier molecular flexibility index (Phi) is 2.19. The van der Waals surface area contributed by atoms with Gasteiger partial charge in [0, 0.05) is 17.3 Å². The highest BCUT2D eigenvalue weighted by Gasteiger charge is 2.86. The summed E-state index contributed by atoms with van der Waals surface area (Å²) in [6.07, 6.45) is 2.71. The number of hydrogen-bond acceptors (Lipinski definition) is 4. The molecule has 4 heteroatoms. The van der Waals surface area contributed by atoms with Crippen molar-refractivity contribution < 1.29 is 20.1 Å². The summed E-state index contributed by atoms with van der Waals surface area (Å²) in [5.41, 5.74) is -4.18. The molecular weight excluding hydrogens is 244 g/mol. The van der Waals surface area contributed by atoms with Gasteiger partial charge >= 0.3 is 0 Å². The number of carbonyl (C=O) groups excluding carboxylic acids is 1. The molecule has 19 heavy (non-hydrogen) atoms. The standard InChI is InChI=1S/C15H22O4/c1-8-7-10(16)15(19)13(4)6-5-9(12(2,3)17)14(15,18)11(8)13/h7,9,11,17-19H,5-6H2,1-4H3/t9-,11+,13+,14+,15+/m0/s1. The Hall–Kier alpha value is -0.710. The number of hydrogen-bond donors (Lipinski definition) is 3.